The lowest BCUT2D eigenvalue weighted by Gasteiger charge is -2.01. The quantitative estimate of drug-likeness (QED) is 0.731. The van der Waals surface area contributed by atoms with Crippen molar-refractivity contribution in [3.05, 3.63) is 41.4 Å². The molecular formula is C11H10N2O2. The van der Waals surface area contributed by atoms with E-state index in [0.29, 0.717) is 5.58 Å². The van der Waals surface area contributed by atoms with Gasteiger partial charge in [0, 0.05) is 12.4 Å². The van der Waals surface area contributed by atoms with Crippen LogP contribution in [-0.2, 0) is 0 Å². The number of para-hydroxylation sites is 1. The van der Waals surface area contributed by atoms with E-state index >= 15 is 0 Å². The molecule has 0 aliphatic heterocycles. The number of hydrogen-bond donors (Lipinski definition) is 2. The summed E-state index contributed by atoms with van der Waals surface area (Å²) in [5, 5.41) is 10.8. The summed E-state index contributed by atoms with van der Waals surface area (Å²) in [6.45, 7) is 0. The maximum Gasteiger partial charge on any atom is 0.256 e. The van der Waals surface area contributed by atoms with E-state index in [-0.39, 0.29) is 17.0 Å². The van der Waals surface area contributed by atoms with Crippen molar-refractivity contribution in [2.24, 2.45) is 0 Å². The van der Waals surface area contributed by atoms with Gasteiger partial charge in [0.25, 0.3) is 5.91 Å². The van der Waals surface area contributed by atoms with Crippen LogP contribution in [0.3, 0.4) is 0 Å². The molecule has 0 saturated heterocycles. The molecule has 2 N–H and O–H groups in total. The van der Waals surface area contributed by atoms with E-state index in [4.69, 9.17) is 9.83 Å². The van der Waals surface area contributed by atoms with Crippen molar-refractivity contribution in [1.29, 1.82) is 5.41 Å². The lowest BCUT2D eigenvalue weighted by atomic mass is 10.2. The molecule has 4 heteroatoms. The normalized spacial score (nSPS) is 10.2. The van der Waals surface area contributed by atoms with Crippen LogP contribution in [0.1, 0.15) is 10.4 Å². The van der Waals surface area contributed by atoms with Gasteiger partial charge in [-0.25, -0.2) is 0 Å². The molecule has 2 aromatic rings. The van der Waals surface area contributed by atoms with E-state index in [0.717, 1.165) is 5.39 Å². The Bertz CT molecular complexity index is 572. The fourth-order valence-corrected chi connectivity index (χ4v) is 1.38. The number of nitrogens with one attached hydrogen (secondary N) is 2. The van der Waals surface area contributed by atoms with E-state index in [9.17, 15) is 4.79 Å². The van der Waals surface area contributed by atoms with Gasteiger partial charge in [0.1, 0.15) is 11.1 Å². The molecule has 0 bridgehead atoms. The Morgan fingerprint density at radius 3 is 2.87 bits per heavy atom. The van der Waals surface area contributed by atoms with Gasteiger partial charge in [-0.3, -0.25) is 10.2 Å². The summed E-state index contributed by atoms with van der Waals surface area (Å²) in [6.07, 6.45) is 0. The molecule has 1 aromatic carbocycles. The molecule has 0 fully saturated rings. The lowest BCUT2D eigenvalue weighted by molar-refractivity contribution is 0.0959. The summed E-state index contributed by atoms with van der Waals surface area (Å²) in [7, 11) is 1.52. The van der Waals surface area contributed by atoms with E-state index < -0.39 is 0 Å². The molecule has 0 saturated carbocycles. The van der Waals surface area contributed by atoms with E-state index in [1.165, 1.54) is 7.05 Å². The third-order valence-corrected chi connectivity index (χ3v) is 2.15. The van der Waals surface area contributed by atoms with Gasteiger partial charge in [-0.15, -0.1) is 0 Å². The largest absolute Gasteiger partial charge is 0.438 e. The maximum absolute atomic E-state index is 11.4. The second kappa shape index (κ2) is 3.57. The highest BCUT2D eigenvalue weighted by molar-refractivity contribution is 5.96. The summed E-state index contributed by atoms with van der Waals surface area (Å²) in [4.78, 5) is 11.4. The third kappa shape index (κ3) is 1.61. The molecule has 0 aliphatic carbocycles. The highest BCUT2D eigenvalue weighted by atomic mass is 16.3. The lowest BCUT2D eigenvalue weighted by Crippen LogP contribution is -2.24. The van der Waals surface area contributed by atoms with Gasteiger partial charge in [0.2, 0.25) is 5.55 Å². The summed E-state index contributed by atoms with van der Waals surface area (Å²) < 4.78 is 5.22. The molecule has 1 heterocycles. The van der Waals surface area contributed by atoms with Crippen molar-refractivity contribution in [3.63, 3.8) is 0 Å². The van der Waals surface area contributed by atoms with Crippen LogP contribution < -0.4 is 10.9 Å². The van der Waals surface area contributed by atoms with Gasteiger partial charge >= 0.3 is 0 Å². The van der Waals surface area contributed by atoms with E-state index in [2.05, 4.69) is 5.32 Å². The first-order valence-corrected chi connectivity index (χ1v) is 4.52. The second-order valence-electron chi connectivity index (χ2n) is 3.11. The monoisotopic (exact) mass is 202 g/mol. The average Bonchev–Trinajstić information content (AvgIpc) is 2.27. The van der Waals surface area contributed by atoms with Crippen LogP contribution >= 0.6 is 0 Å². The molecule has 76 valence electrons. The molecule has 15 heavy (non-hydrogen) atoms. The second-order valence-corrected chi connectivity index (χ2v) is 3.11. The van der Waals surface area contributed by atoms with Crippen molar-refractivity contribution in [3.8, 4) is 0 Å². The Balaban J connectivity index is 2.73. The minimum Gasteiger partial charge on any atom is -0.438 e. The Morgan fingerprint density at radius 2 is 2.13 bits per heavy atom. The Kier molecular flexibility index (Phi) is 2.25. The molecule has 0 aliphatic rings. The fraction of sp³-hybridized carbons (Fsp3) is 0.0909. The van der Waals surface area contributed by atoms with Crippen LogP contribution in [0, 0.1) is 5.41 Å². The zero-order valence-corrected chi connectivity index (χ0v) is 8.20. The van der Waals surface area contributed by atoms with Crippen LogP contribution in [0.2, 0.25) is 0 Å². The summed E-state index contributed by atoms with van der Waals surface area (Å²) >= 11 is 0. The first-order chi connectivity index (χ1) is 7.22. The standard InChI is InChI=1S/C11H10N2O2/c1-13-11(14)8-6-7-4-2-3-5-9(7)15-10(8)12/h2-6,12H,1H3,(H,13,14). The number of carbonyl (C=O) groups excluding carboxylic acids is 1. The van der Waals surface area contributed by atoms with Crippen LogP contribution in [0.25, 0.3) is 11.0 Å². The minimum atomic E-state index is -0.311. The van der Waals surface area contributed by atoms with Gasteiger partial charge < -0.3 is 9.73 Å². The number of hydrogen-bond acceptors (Lipinski definition) is 3. The molecule has 0 atom stereocenters. The average molecular weight is 202 g/mol. The highest BCUT2D eigenvalue weighted by Crippen LogP contribution is 2.12. The Hall–Kier alpha value is -2.10. The number of fused-ring (bicyclic) bond motifs is 1. The third-order valence-electron chi connectivity index (χ3n) is 2.15. The molecule has 2 rings (SSSR count). The first-order valence-electron chi connectivity index (χ1n) is 4.52. The van der Waals surface area contributed by atoms with Crippen molar-refractivity contribution in [2.75, 3.05) is 7.05 Å². The Labute approximate surface area is 86.0 Å². The van der Waals surface area contributed by atoms with Gasteiger partial charge in [0.15, 0.2) is 0 Å². The minimum absolute atomic E-state index is 0.118. The van der Waals surface area contributed by atoms with Crippen molar-refractivity contribution >= 4 is 16.9 Å². The van der Waals surface area contributed by atoms with Crippen LogP contribution in [0.15, 0.2) is 34.7 Å². The van der Waals surface area contributed by atoms with Crippen LogP contribution in [0.4, 0.5) is 0 Å². The zero-order chi connectivity index (χ0) is 10.8. The smallest absolute Gasteiger partial charge is 0.256 e. The summed E-state index contributed by atoms with van der Waals surface area (Å²) in [5.41, 5.74) is 0.736. The summed E-state index contributed by atoms with van der Waals surface area (Å²) in [6, 6.07) is 8.94. The SMILES string of the molecule is CNC(=O)c1cc2ccccc2oc1=N. The predicted molar refractivity (Wildman–Crippen MR) is 55.5 cm³/mol. The molecule has 0 radical (unpaired) electrons. The Morgan fingerprint density at radius 1 is 1.40 bits per heavy atom. The predicted octanol–water partition coefficient (Wildman–Crippen LogP) is 1.27. The first kappa shape index (κ1) is 9.45. The van der Waals surface area contributed by atoms with Gasteiger partial charge in [-0.1, -0.05) is 18.2 Å². The highest BCUT2D eigenvalue weighted by Gasteiger charge is 2.08. The molecular weight excluding hydrogens is 192 g/mol. The molecule has 1 aromatic heterocycles. The number of benzene rings is 1. The molecule has 1 amide bonds. The van der Waals surface area contributed by atoms with Gasteiger partial charge in [-0.05, 0) is 12.1 Å². The van der Waals surface area contributed by atoms with E-state index in [1.807, 2.05) is 18.2 Å². The van der Waals surface area contributed by atoms with Gasteiger partial charge in [0.05, 0.1) is 0 Å². The summed E-state index contributed by atoms with van der Waals surface area (Å²) in [5.74, 6) is -0.311. The fourth-order valence-electron chi connectivity index (χ4n) is 1.38. The molecule has 4 nitrogen and oxygen atoms in total. The van der Waals surface area contributed by atoms with Gasteiger partial charge in [-0.2, -0.15) is 0 Å². The number of rotatable bonds is 1. The zero-order valence-electron chi connectivity index (χ0n) is 8.20. The number of carbonyl (C=O) groups is 1. The van der Waals surface area contributed by atoms with Crippen molar-refractivity contribution < 1.29 is 9.21 Å². The van der Waals surface area contributed by atoms with Crippen molar-refractivity contribution in [1.82, 2.24) is 5.32 Å². The van der Waals surface area contributed by atoms with Crippen LogP contribution in [0.5, 0.6) is 0 Å². The topological polar surface area (TPSA) is 66.1 Å². The van der Waals surface area contributed by atoms with Crippen LogP contribution in [-0.4, -0.2) is 13.0 Å². The number of amides is 1. The molecule has 0 spiro atoms. The molecule has 0 unspecified atom stereocenters. The van der Waals surface area contributed by atoms with E-state index in [1.54, 1.807) is 12.1 Å². The maximum atomic E-state index is 11.4. The van der Waals surface area contributed by atoms with Crippen molar-refractivity contribution in [2.45, 2.75) is 0 Å².